The molecule has 0 aliphatic carbocycles. The minimum atomic E-state index is -0.746. The van der Waals surface area contributed by atoms with Gasteiger partial charge in [-0.3, -0.25) is 14.9 Å². The molecule has 2 N–H and O–H groups in total. The molecule has 1 aromatic carbocycles. The summed E-state index contributed by atoms with van der Waals surface area (Å²) in [5.74, 6) is -1.02. The number of halogens is 1. The molecule has 0 radical (unpaired) electrons. The first-order valence-corrected chi connectivity index (χ1v) is 6.44. The lowest BCUT2D eigenvalue weighted by atomic mass is 9.95. The molecule has 1 aliphatic heterocycles. The third-order valence-corrected chi connectivity index (χ3v) is 3.50. The lowest BCUT2D eigenvalue weighted by Crippen LogP contribution is -2.48. The lowest BCUT2D eigenvalue weighted by molar-refractivity contribution is -0.385. The van der Waals surface area contributed by atoms with E-state index in [1.165, 1.54) is 0 Å². The summed E-state index contributed by atoms with van der Waals surface area (Å²) >= 11 is 0. The van der Waals surface area contributed by atoms with Crippen LogP contribution in [-0.4, -0.2) is 30.0 Å². The van der Waals surface area contributed by atoms with Gasteiger partial charge in [0.15, 0.2) is 0 Å². The Hall–Kier alpha value is -2.02. The Morgan fingerprint density at radius 2 is 2.30 bits per heavy atom. The highest BCUT2D eigenvalue weighted by Gasteiger charge is 2.26. The first kappa shape index (κ1) is 14.4. The zero-order chi connectivity index (χ0) is 14.7. The van der Waals surface area contributed by atoms with Crippen molar-refractivity contribution >= 4 is 11.6 Å². The number of piperidine rings is 1. The van der Waals surface area contributed by atoms with Crippen molar-refractivity contribution in [3.8, 4) is 0 Å². The van der Waals surface area contributed by atoms with E-state index < -0.39 is 22.3 Å². The van der Waals surface area contributed by atoms with Crippen LogP contribution in [0.25, 0.3) is 0 Å². The Labute approximate surface area is 115 Å². The molecule has 1 amide bonds. The molecular weight excluding hydrogens is 265 g/mol. The topological polar surface area (TPSA) is 84.3 Å². The van der Waals surface area contributed by atoms with Crippen molar-refractivity contribution in [2.24, 2.45) is 5.92 Å². The summed E-state index contributed by atoms with van der Waals surface area (Å²) in [6.45, 7) is 3.58. The summed E-state index contributed by atoms with van der Waals surface area (Å²) in [5, 5.41) is 16.9. The zero-order valence-corrected chi connectivity index (χ0v) is 11.1. The van der Waals surface area contributed by atoms with Gasteiger partial charge in [-0.15, -0.1) is 0 Å². The monoisotopic (exact) mass is 281 g/mol. The van der Waals surface area contributed by atoms with Crippen molar-refractivity contribution in [3.05, 3.63) is 39.7 Å². The second kappa shape index (κ2) is 5.96. The van der Waals surface area contributed by atoms with E-state index >= 15 is 0 Å². The van der Waals surface area contributed by atoms with Gasteiger partial charge in [-0.25, -0.2) is 4.39 Å². The van der Waals surface area contributed by atoms with E-state index in [2.05, 4.69) is 10.6 Å². The Bertz CT molecular complexity index is 536. The molecule has 0 spiro atoms. The maximum atomic E-state index is 13.0. The standard InChI is InChI=1S/C13H16FN3O3/c1-8-7-15-5-4-11(8)16-13(18)10-3-2-9(14)6-12(10)17(19)20/h2-3,6,8,11,15H,4-5,7H2,1H3,(H,16,18). The number of benzene rings is 1. The number of hydrogen-bond donors (Lipinski definition) is 2. The molecule has 108 valence electrons. The van der Waals surface area contributed by atoms with Crippen LogP contribution in [0.1, 0.15) is 23.7 Å². The number of rotatable bonds is 3. The molecule has 0 aromatic heterocycles. The number of nitrogens with zero attached hydrogens (tertiary/aromatic N) is 1. The van der Waals surface area contributed by atoms with Crippen LogP contribution < -0.4 is 10.6 Å². The van der Waals surface area contributed by atoms with Crippen molar-refractivity contribution < 1.29 is 14.1 Å². The van der Waals surface area contributed by atoms with Crippen LogP contribution in [0.2, 0.25) is 0 Å². The zero-order valence-electron chi connectivity index (χ0n) is 11.1. The van der Waals surface area contributed by atoms with Crippen molar-refractivity contribution in [1.29, 1.82) is 0 Å². The van der Waals surface area contributed by atoms with E-state index in [0.29, 0.717) is 0 Å². The SMILES string of the molecule is CC1CNCCC1NC(=O)c1ccc(F)cc1[N+](=O)[O-]. The van der Waals surface area contributed by atoms with Crippen molar-refractivity contribution in [2.45, 2.75) is 19.4 Å². The van der Waals surface area contributed by atoms with E-state index in [4.69, 9.17) is 0 Å². The van der Waals surface area contributed by atoms with E-state index in [9.17, 15) is 19.3 Å². The fraction of sp³-hybridized carbons (Fsp3) is 0.462. The molecule has 0 bridgehead atoms. The average molecular weight is 281 g/mol. The van der Waals surface area contributed by atoms with Gasteiger partial charge in [-0.05, 0) is 37.6 Å². The van der Waals surface area contributed by atoms with Gasteiger partial charge in [0.05, 0.1) is 11.0 Å². The second-order valence-corrected chi connectivity index (χ2v) is 4.97. The molecule has 1 saturated heterocycles. The molecule has 2 unspecified atom stereocenters. The maximum Gasteiger partial charge on any atom is 0.285 e. The van der Waals surface area contributed by atoms with Gasteiger partial charge >= 0.3 is 0 Å². The van der Waals surface area contributed by atoms with Gasteiger partial charge in [0.1, 0.15) is 11.4 Å². The van der Waals surface area contributed by atoms with Gasteiger partial charge in [-0.2, -0.15) is 0 Å². The third kappa shape index (κ3) is 3.11. The normalized spacial score (nSPS) is 22.3. The van der Waals surface area contributed by atoms with Crippen LogP contribution in [-0.2, 0) is 0 Å². The quantitative estimate of drug-likeness (QED) is 0.649. The first-order valence-electron chi connectivity index (χ1n) is 6.44. The minimum Gasteiger partial charge on any atom is -0.349 e. The molecule has 6 nitrogen and oxygen atoms in total. The van der Waals surface area contributed by atoms with Gasteiger partial charge in [0.2, 0.25) is 0 Å². The van der Waals surface area contributed by atoms with E-state index in [0.717, 1.165) is 37.7 Å². The number of amides is 1. The molecule has 1 heterocycles. The summed E-state index contributed by atoms with van der Waals surface area (Å²) in [4.78, 5) is 22.3. The largest absolute Gasteiger partial charge is 0.349 e. The Kier molecular flexibility index (Phi) is 4.29. The second-order valence-electron chi connectivity index (χ2n) is 4.97. The molecule has 0 saturated carbocycles. The van der Waals surface area contributed by atoms with Gasteiger partial charge in [-0.1, -0.05) is 6.92 Å². The van der Waals surface area contributed by atoms with Crippen LogP contribution in [0.5, 0.6) is 0 Å². The fourth-order valence-corrected chi connectivity index (χ4v) is 2.32. The molecule has 20 heavy (non-hydrogen) atoms. The predicted molar refractivity (Wildman–Crippen MR) is 71.0 cm³/mol. The van der Waals surface area contributed by atoms with Crippen LogP contribution in [0.4, 0.5) is 10.1 Å². The average Bonchev–Trinajstić information content (AvgIpc) is 2.41. The molecular formula is C13H16FN3O3. The van der Waals surface area contributed by atoms with Gasteiger partial charge in [0.25, 0.3) is 11.6 Å². The summed E-state index contributed by atoms with van der Waals surface area (Å²) in [6, 6.07) is 2.93. The number of nitro groups is 1. The van der Waals surface area contributed by atoms with Crippen LogP contribution in [0, 0.1) is 21.8 Å². The van der Waals surface area contributed by atoms with Crippen LogP contribution in [0.15, 0.2) is 18.2 Å². The van der Waals surface area contributed by atoms with Crippen molar-refractivity contribution in [2.75, 3.05) is 13.1 Å². The van der Waals surface area contributed by atoms with Crippen LogP contribution in [0.3, 0.4) is 0 Å². The molecule has 1 fully saturated rings. The Morgan fingerprint density at radius 3 is 2.95 bits per heavy atom. The minimum absolute atomic E-state index is 0.0339. The highest BCUT2D eigenvalue weighted by Crippen LogP contribution is 2.20. The maximum absolute atomic E-state index is 13.0. The van der Waals surface area contributed by atoms with E-state index in [1.54, 1.807) is 0 Å². The van der Waals surface area contributed by atoms with Gasteiger partial charge in [0, 0.05) is 6.04 Å². The highest BCUT2D eigenvalue weighted by molar-refractivity contribution is 5.98. The Morgan fingerprint density at radius 1 is 1.55 bits per heavy atom. The molecule has 1 aliphatic rings. The molecule has 2 atom stereocenters. The molecule has 2 rings (SSSR count). The number of carbonyl (C=O) groups is 1. The number of carbonyl (C=O) groups excluding carboxylic acids is 1. The number of nitro benzene ring substituents is 1. The lowest BCUT2D eigenvalue weighted by Gasteiger charge is -2.30. The summed E-state index contributed by atoms with van der Waals surface area (Å²) in [6.07, 6.45) is 0.766. The number of nitrogens with one attached hydrogen (secondary N) is 2. The summed E-state index contributed by atoms with van der Waals surface area (Å²) in [5.41, 5.74) is -0.619. The van der Waals surface area contributed by atoms with Crippen LogP contribution >= 0.6 is 0 Å². The molecule has 1 aromatic rings. The summed E-state index contributed by atoms with van der Waals surface area (Å²) in [7, 11) is 0. The number of hydrogen-bond acceptors (Lipinski definition) is 4. The predicted octanol–water partition coefficient (Wildman–Crippen LogP) is 1.46. The third-order valence-electron chi connectivity index (χ3n) is 3.50. The highest BCUT2D eigenvalue weighted by atomic mass is 19.1. The first-order chi connectivity index (χ1) is 9.49. The van der Waals surface area contributed by atoms with Crippen molar-refractivity contribution in [1.82, 2.24) is 10.6 Å². The smallest absolute Gasteiger partial charge is 0.285 e. The van der Waals surface area contributed by atoms with E-state index in [1.807, 2.05) is 6.92 Å². The Balaban J connectivity index is 2.18. The van der Waals surface area contributed by atoms with Crippen molar-refractivity contribution in [3.63, 3.8) is 0 Å². The van der Waals surface area contributed by atoms with E-state index in [-0.39, 0.29) is 17.5 Å². The molecule has 7 heteroatoms. The summed E-state index contributed by atoms with van der Waals surface area (Å²) < 4.78 is 13.0. The van der Waals surface area contributed by atoms with Gasteiger partial charge < -0.3 is 10.6 Å². The fourth-order valence-electron chi connectivity index (χ4n) is 2.32.